The van der Waals surface area contributed by atoms with Crippen molar-refractivity contribution in [3.63, 3.8) is 0 Å². The number of aromatic nitrogens is 3. The second kappa shape index (κ2) is 7.09. The molecule has 0 bridgehead atoms. The molecule has 8 heteroatoms. The molecule has 0 spiro atoms. The molecule has 3 heterocycles. The summed E-state index contributed by atoms with van der Waals surface area (Å²) in [6.07, 6.45) is 3.18. The van der Waals surface area contributed by atoms with Crippen molar-refractivity contribution in [1.29, 1.82) is 0 Å². The highest BCUT2D eigenvalue weighted by atomic mass is 16.5. The maximum atomic E-state index is 12.1. The van der Waals surface area contributed by atoms with Crippen LogP contribution in [-0.2, 0) is 29.1 Å². The van der Waals surface area contributed by atoms with Crippen molar-refractivity contribution in [2.75, 3.05) is 11.9 Å². The summed E-state index contributed by atoms with van der Waals surface area (Å²) in [6, 6.07) is 7.23. The zero-order valence-electron chi connectivity index (χ0n) is 14.1. The highest BCUT2D eigenvalue weighted by molar-refractivity contribution is 5.88. The highest BCUT2D eigenvalue weighted by Crippen LogP contribution is 2.15. The van der Waals surface area contributed by atoms with Gasteiger partial charge in [-0.3, -0.25) is 14.7 Å². The first-order valence-electron chi connectivity index (χ1n) is 8.51. The Morgan fingerprint density at radius 2 is 2.19 bits per heavy atom. The number of rotatable bonds is 5. The first-order chi connectivity index (χ1) is 12.7. The number of nitrogens with zero attached hydrogens (tertiary/aromatic N) is 3. The van der Waals surface area contributed by atoms with E-state index in [1.807, 2.05) is 18.2 Å². The van der Waals surface area contributed by atoms with E-state index in [4.69, 9.17) is 9.15 Å². The molecule has 1 aliphatic heterocycles. The van der Waals surface area contributed by atoms with E-state index in [1.54, 1.807) is 12.3 Å². The van der Waals surface area contributed by atoms with E-state index in [1.165, 1.54) is 4.57 Å². The third-order valence-corrected chi connectivity index (χ3v) is 4.31. The molecule has 0 atom stereocenters. The number of benzene rings is 1. The van der Waals surface area contributed by atoms with Gasteiger partial charge < -0.3 is 9.15 Å². The molecule has 0 saturated heterocycles. The van der Waals surface area contributed by atoms with Crippen LogP contribution in [0.25, 0.3) is 11.1 Å². The lowest BCUT2D eigenvalue weighted by molar-refractivity contribution is -0.116. The molecular weight excluding hydrogens is 336 g/mol. The van der Waals surface area contributed by atoms with Gasteiger partial charge in [-0.05, 0) is 18.6 Å². The second-order valence-electron chi connectivity index (χ2n) is 6.11. The normalized spacial score (nSPS) is 13.5. The number of para-hydroxylation sites is 2. The third kappa shape index (κ3) is 3.36. The van der Waals surface area contributed by atoms with E-state index >= 15 is 0 Å². The molecule has 26 heavy (non-hydrogen) atoms. The minimum absolute atomic E-state index is 0.183. The van der Waals surface area contributed by atoms with Gasteiger partial charge in [-0.1, -0.05) is 12.1 Å². The lowest BCUT2D eigenvalue weighted by Gasteiger charge is -2.15. The van der Waals surface area contributed by atoms with Crippen molar-refractivity contribution >= 4 is 23.0 Å². The van der Waals surface area contributed by atoms with E-state index in [0.717, 1.165) is 23.2 Å². The molecule has 3 aromatic rings. The van der Waals surface area contributed by atoms with Gasteiger partial charge in [0.15, 0.2) is 5.58 Å². The lowest BCUT2D eigenvalue weighted by atomic mass is 10.1. The summed E-state index contributed by atoms with van der Waals surface area (Å²) in [5, 5.41) is 2.71. The summed E-state index contributed by atoms with van der Waals surface area (Å²) in [4.78, 5) is 32.6. The van der Waals surface area contributed by atoms with Crippen LogP contribution in [0.2, 0.25) is 0 Å². The van der Waals surface area contributed by atoms with Crippen molar-refractivity contribution in [3.05, 3.63) is 52.3 Å². The second-order valence-corrected chi connectivity index (χ2v) is 6.11. The number of oxazole rings is 1. The van der Waals surface area contributed by atoms with E-state index in [2.05, 4.69) is 15.3 Å². The Morgan fingerprint density at radius 1 is 1.31 bits per heavy atom. The van der Waals surface area contributed by atoms with Gasteiger partial charge in [0.1, 0.15) is 0 Å². The molecule has 0 aliphatic carbocycles. The van der Waals surface area contributed by atoms with Gasteiger partial charge in [0.25, 0.3) is 0 Å². The fourth-order valence-electron chi connectivity index (χ4n) is 3.00. The van der Waals surface area contributed by atoms with Crippen molar-refractivity contribution in [1.82, 2.24) is 14.5 Å². The summed E-state index contributed by atoms with van der Waals surface area (Å²) in [7, 11) is 0. The summed E-state index contributed by atoms with van der Waals surface area (Å²) in [5.74, 6) is -0.286. The van der Waals surface area contributed by atoms with E-state index in [9.17, 15) is 9.59 Å². The van der Waals surface area contributed by atoms with Crippen LogP contribution in [0.3, 0.4) is 0 Å². The molecular formula is C18H18N4O4. The molecule has 4 rings (SSSR count). The van der Waals surface area contributed by atoms with Crippen molar-refractivity contribution in [2.45, 2.75) is 32.4 Å². The maximum Gasteiger partial charge on any atom is 0.419 e. The topological polar surface area (TPSA) is 99.2 Å². The summed E-state index contributed by atoms with van der Waals surface area (Å²) in [5.41, 5.74) is 3.16. The van der Waals surface area contributed by atoms with Crippen LogP contribution >= 0.6 is 0 Å². The Labute approximate surface area is 148 Å². The number of carbonyl (C=O) groups is 1. The van der Waals surface area contributed by atoms with Gasteiger partial charge >= 0.3 is 5.76 Å². The van der Waals surface area contributed by atoms with Gasteiger partial charge in [0, 0.05) is 31.1 Å². The minimum atomic E-state index is -0.410. The van der Waals surface area contributed by atoms with Crippen molar-refractivity contribution < 1.29 is 13.9 Å². The third-order valence-electron chi connectivity index (χ3n) is 4.31. The molecule has 2 aromatic heterocycles. The molecule has 134 valence electrons. The average Bonchev–Trinajstić information content (AvgIpc) is 2.97. The smallest absolute Gasteiger partial charge is 0.408 e. The standard InChI is InChI=1S/C18H18N4O4/c23-16(21-17-19-10-12-11-25-9-7-13(12)20-17)6-3-8-22-14-4-1-2-5-15(14)26-18(22)24/h1-2,4-5,10H,3,6-9,11H2,(H,19,20,21,23). The first kappa shape index (κ1) is 16.5. The van der Waals surface area contributed by atoms with E-state index in [-0.39, 0.29) is 12.3 Å². The lowest BCUT2D eigenvalue weighted by Crippen LogP contribution is -2.19. The van der Waals surface area contributed by atoms with Gasteiger partial charge in [-0.25, -0.2) is 14.8 Å². The zero-order valence-corrected chi connectivity index (χ0v) is 14.1. The predicted octanol–water partition coefficient (Wildman–Crippen LogP) is 1.88. The summed E-state index contributed by atoms with van der Waals surface area (Å²) < 4.78 is 12.1. The summed E-state index contributed by atoms with van der Waals surface area (Å²) >= 11 is 0. The van der Waals surface area contributed by atoms with Crippen molar-refractivity contribution in [3.8, 4) is 0 Å². The monoisotopic (exact) mass is 354 g/mol. The molecule has 8 nitrogen and oxygen atoms in total. The zero-order chi connectivity index (χ0) is 17.9. The Morgan fingerprint density at radius 3 is 3.12 bits per heavy atom. The molecule has 1 N–H and O–H groups in total. The van der Waals surface area contributed by atoms with Crippen LogP contribution in [0.5, 0.6) is 0 Å². The number of carbonyl (C=O) groups excluding carboxylic acids is 1. The van der Waals surface area contributed by atoms with Crippen LogP contribution in [0.4, 0.5) is 5.95 Å². The van der Waals surface area contributed by atoms with Crippen LogP contribution in [0.15, 0.2) is 39.7 Å². The Kier molecular flexibility index (Phi) is 4.49. The highest BCUT2D eigenvalue weighted by Gasteiger charge is 2.14. The van der Waals surface area contributed by atoms with Crippen LogP contribution in [-0.4, -0.2) is 27.0 Å². The number of hydrogen-bond donors (Lipinski definition) is 1. The quantitative estimate of drug-likeness (QED) is 0.751. The average molecular weight is 354 g/mol. The Balaban J connectivity index is 1.35. The minimum Gasteiger partial charge on any atom is -0.408 e. The molecule has 0 saturated carbocycles. The largest absolute Gasteiger partial charge is 0.419 e. The van der Waals surface area contributed by atoms with Crippen LogP contribution in [0, 0.1) is 0 Å². The van der Waals surface area contributed by atoms with Gasteiger partial charge in [0.2, 0.25) is 11.9 Å². The maximum absolute atomic E-state index is 12.1. The molecule has 1 aliphatic rings. The number of fused-ring (bicyclic) bond motifs is 2. The fraction of sp³-hybridized carbons (Fsp3) is 0.333. The molecule has 0 unspecified atom stereocenters. The number of aryl methyl sites for hydroxylation is 1. The van der Waals surface area contributed by atoms with E-state index < -0.39 is 5.76 Å². The molecule has 0 radical (unpaired) electrons. The predicted molar refractivity (Wildman–Crippen MR) is 93.7 cm³/mol. The SMILES string of the molecule is O=C(CCCn1c(=O)oc2ccccc21)Nc1ncc2c(n1)CCOC2. The summed E-state index contributed by atoms with van der Waals surface area (Å²) in [6.45, 7) is 1.55. The van der Waals surface area contributed by atoms with Crippen molar-refractivity contribution in [2.24, 2.45) is 0 Å². The first-order valence-corrected chi connectivity index (χ1v) is 8.51. The van der Waals surface area contributed by atoms with Gasteiger partial charge in [-0.2, -0.15) is 0 Å². The number of nitrogens with one attached hydrogen (secondary N) is 1. The molecule has 1 aromatic carbocycles. The number of ether oxygens (including phenoxy) is 1. The molecule has 0 fully saturated rings. The Bertz CT molecular complexity index is 1010. The number of hydrogen-bond acceptors (Lipinski definition) is 6. The number of amides is 1. The van der Waals surface area contributed by atoms with E-state index in [0.29, 0.717) is 37.7 Å². The number of anilines is 1. The fourth-order valence-corrected chi connectivity index (χ4v) is 3.00. The Hall–Kier alpha value is -3.00. The molecule has 1 amide bonds. The van der Waals surface area contributed by atoms with Crippen LogP contribution in [0.1, 0.15) is 24.1 Å². The van der Waals surface area contributed by atoms with Gasteiger partial charge in [0.05, 0.1) is 24.4 Å². The van der Waals surface area contributed by atoms with Crippen LogP contribution < -0.4 is 11.1 Å². The van der Waals surface area contributed by atoms with Gasteiger partial charge in [-0.15, -0.1) is 0 Å².